The molecule has 0 aromatic heterocycles. The highest BCUT2D eigenvalue weighted by molar-refractivity contribution is 5.81. The highest BCUT2D eigenvalue weighted by Gasteiger charge is 2.49. The second kappa shape index (κ2) is 18.1. The van der Waals surface area contributed by atoms with Crippen LogP contribution in [0.15, 0.2) is 11.8 Å². The number of hydrogen-bond acceptors (Lipinski definition) is 15. The molecule has 2 amide bonds. The van der Waals surface area contributed by atoms with Crippen LogP contribution in [0.25, 0.3) is 0 Å². The maximum absolute atomic E-state index is 12.7. The summed E-state index contributed by atoms with van der Waals surface area (Å²) < 4.78 is 23.7. The summed E-state index contributed by atoms with van der Waals surface area (Å²) in [7, 11) is 1.62. The number of rotatable bonds is 17. The Labute approximate surface area is 251 Å². The molecule has 1 fully saturated rings. The fourth-order valence-corrected chi connectivity index (χ4v) is 4.75. The number of nitrogens with two attached hydrogens (primary N) is 4. The molecule has 0 bridgehead atoms. The van der Waals surface area contributed by atoms with Crippen molar-refractivity contribution in [2.45, 2.75) is 106 Å². The molecule has 17 heteroatoms. The first-order chi connectivity index (χ1) is 20.4. The Hall–Kier alpha value is -2.00. The van der Waals surface area contributed by atoms with Crippen molar-refractivity contribution in [1.82, 2.24) is 16.0 Å². The molecule has 12 atom stereocenters. The molecule has 1 unspecified atom stereocenters. The van der Waals surface area contributed by atoms with Crippen molar-refractivity contribution in [2.75, 3.05) is 33.4 Å². The van der Waals surface area contributed by atoms with Crippen LogP contribution in [0, 0.1) is 0 Å². The smallest absolute Gasteiger partial charge is 0.249 e. The van der Waals surface area contributed by atoms with Crippen LogP contribution >= 0.6 is 0 Å². The van der Waals surface area contributed by atoms with E-state index in [1.54, 1.807) is 20.0 Å². The summed E-state index contributed by atoms with van der Waals surface area (Å²) in [5, 5.41) is 50.3. The predicted octanol–water partition coefficient (Wildman–Crippen LogP) is -5.23. The van der Waals surface area contributed by atoms with E-state index in [0.29, 0.717) is 12.2 Å². The zero-order valence-electron chi connectivity index (χ0n) is 25.0. The molecule has 250 valence electrons. The summed E-state index contributed by atoms with van der Waals surface area (Å²) in [5.41, 5.74) is 23.4. The van der Waals surface area contributed by atoms with Gasteiger partial charge in [-0.3, -0.25) is 9.59 Å². The monoisotopic (exact) mass is 621 g/mol. The molecule has 2 rings (SSSR count). The minimum atomic E-state index is -1.54. The Morgan fingerprint density at radius 2 is 1.81 bits per heavy atom. The highest BCUT2D eigenvalue weighted by Crippen LogP contribution is 2.30. The van der Waals surface area contributed by atoms with Gasteiger partial charge < -0.3 is 78.3 Å². The van der Waals surface area contributed by atoms with Gasteiger partial charge in [-0.1, -0.05) is 0 Å². The van der Waals surface area contributed by atoms with Crippen LogP contribution in [0.4, 0.5) is 0 Å². The zero-order valence-corrected chi connectivity index (χ0v) is 25.0. The molecule has 1 aliphatic carbocycles. The van der Waals surface area contributed by atoms with Crippen molar-refractivity contribution in [3.63, 3.8) is 0 Å². The number of carbonyl (C=O) groups is 2. The third kappa shape index (κ3) is 10.5. The lowest BCUT2D eigenvalue weighted by Crippen LogP contribution is -2.67. The number of carbonyl (C=O) groups excluding carboxylic acids is 2. The van der Waals surface area contributed by atoms with Crippen molar-refractivity contribution >= 4 is 11.8 Å². The van der Waals surface area contributed by atoms with Crippen LogP contribution in [0.1, 0.15) is 33.1 Å². The van der Waals surface area contributed by atoms with E-state index in [4.69, 9.17) is 41.9 Å². The van der Waals surface area contributed by atoms with E-state index in [-0.39, 0.29) is 39.1 Å². The van der Waals surface area contributed by atoms with Gasteiger partial charge in [-0.15, -0.1) is 0 Å². The van der Waals surface area contributed by atoms with Crippen LogP contribution in [-0.2, 0) is 28.5 Å². The van der Waals surface area contributed by atoms with E-state index >= 15 is 0 Å². The Kier molecular flexibility index (Phi) is 15.6. The molecule has 1 heterocycles. The first-order valence-corrected chi connectivity index (χ1v) is 14.5. The number of nitrogens with one attached hydrogen (secondary N) is 3. The molecule has 0 saturated heterocycles. The summed E-state index contributed by atoms with van der Waals surface area (Å²) in [6, 6.07) is -3.91. The SMILES string of the molecule is CN[C@@H](C)[C@@H](O)[C@H](OCCO)O[C@@H]1[C@@H](O)[C@H](O[C@H]2OC(CN)=CC[C@H]2NC(=O)C(C)N)[C@@H](N)C[C@H]1NC(=O)[C@@H](O)CCN. The van der Waals surface area contributed by atoms with E-state index in [9.17, 15) is 30.0 Å². The van der Waals surface area contributed by atoms with Gasteiger partial charge in [0.1, 0.15) is 36.3 Å². The maximum atomic E-state index is 12.7. The van der Waals surface area contributed by atoms with Crippen LogP contribution < -0.4 is 38.9 Å². The van der Waals surface area contributed by atoms with Gasteiger partial charge in [-0.25, -0.2) is 0 Å². The molecule has 1 saturated carbocycles. The summed E-state index contributed by atoms with van der Waals surface area (Å²) in [5.74, 6) is -0.799. The van der Waals surface area contributed by atoms with Crippen molar-refractivity contribution < 1.29 is 49.0 Å². The minimum absolute atomic E-state index is 0.00103. The third-order valence-corrected chi connectivity index (χ3v) is 7.43. The van der Waals surface area contributed by atoms with E-state index in [0.717, 1.165) is 0 Å². The van der Waals surface area contributed by atoms with Crippen LogP contribution in [0.5, 0.6) is 0 Å². The van der Waals surface area contributed by atoms with Gasteiger partial charge in [0.2, 0.25) is 18.1 Å². The molecule has 43 heavy (non-hydrogen) atoms. The van der Waals surface area contributed by atoms with E-state index in [1.165, 1.54) is 6.92 Å². The van der Waals surface area contributed by atoms with Gasteiger partial charge in [0.15, 0.2) is 6.29 Å². The quantitative estimate of drug-likeness (QED) is 0.0676. The second-order valence-corrected chi connectivity index (χ2v) is 10.8. The summed E-state index contributed by atoms with van der Waals surface area (Å²) in [6.45, 7) is 2.74. The molecule has 0 aromatic rings. The summed E-state index contributed by atoms with van der Waals surface area (Å²) >= 11 is 0. The van der Waals surface area contributed by atoms with Gasteiger partial charge in [-0.05, 0) is 52.8 Å². The molecule has 0 aromatic carbocycles. The Morgan fingerprint density at radius 3 is 2.40 bits per heavy atom. The van der Waals surface area contributed by atoms with Gasteiger partial charge in [0.25, 0.3) is 0 Å². The standard InChI is InChI=1S/C26H51N7O10/c1-12(29)23(38)32-16-5-4-14(11-28)41-25(16)42-21-15(30)10-17(33-24(39)18(35)6-7-27)22(20(21)37)43-26(40-9-8-34)19(36)13(2)31-3/h4,12-13,15-22,25-26,31,34-37H,5-11,27-30H2,1-3H3,(H,32,38)(H,33,39)/t12?,13-,15-,16+,17+,18-,19+,20-,21+,22-,25+,26+/m0/s1. The van der Waals surface area contributed by atoms with E-state index in [2.05, 4.69) is 16.0 Å². The van der Waals surface area contributed by atoms with Crippen LogP contribution in [0.2, 0.25) is 0 Å². The molecule has 0 spiro atoms. The zero-order chi connectivity index (χ0) is 32.3. The van der Waals surface area contributed by atoms with Crippen molar-refractivity contribution in [1.29, 1.82) is 0 Å². The lowest BCUT2D eigenvalue weighted by molar-refractivity contribution is -0.273. The van der Waals surface area contributed by atoms with Crippen LogP contribution in [0.3, 0.4) is 0 Å². The van der Waals surface area contributed by atoms with Crippen molar-refractivity contribution in [3.05, 3.63) is 11.8 Å². The third-order valence-electron chi connectivity index (χ3n) is 7.43. The molecular weight excluding hydrogens is 570 g/mol. The molecule has 2 aliphatic rings. The Morgan fingerprint density at radius 1 is 1.14 bits per heavy atom. The molecule has 0 radical (unpaired) electrons. The number of amides is 2. The summed E-state index contributed by atoms with van der Waals surface area (Å²) in [4.78, 5) is 25.1. The second-order valence-electron chi connectivity index (χ2n) is 10.8. The molecular formula is C26H51N7O10. The maximum Gasteiger partial charge on any atom is 0.249 e. The molecule has 15 N–H and O–H groups in total. The lowest BCUT2D eigenvalue weighted by atomic mass is 9.83. The topological polar surface area (TPSA) is 292 Å². The van der Waals surface area contributed by atoms with Crippen LogP contribution in [-0.4, -0.2) is 139 Å². The first kappa shape index (κ1) is 37.2. The minimum Gasteiger partial charge on any atom is -0.466 e. The number of likely N-dealkylation sites (N-methyl/N-ethyl adjacent to an activating group) is 1. The van der Waals surface area contributed by atoms with Crippen molar-refractivity contribution in [3.8, 4) is 0 Å². The van der Waals surface area contributed by atoms with E-state index in [1.807, 2.05) is 0 Å². The average molecular weight is 622 g/mol. The highest BCUT2D eigenvalue weighted by atomic mass is 16.7. The Balaban J connectivity index is 2.39. The Bertz CT molecular complexity index is 900. The summed E-state index contributed by atoms with van der Waals surface area (Å²) in [6.07, 6.45) is -7.16. The van der Waals surface area contributed by atoms with Gasteiger partial charge in [0, 0.05) is 12.1 Å². The molecule has 17 nitrogen and oxygen atoms in total. The lowest BCUT2D eigenvalue weighted by Gasteiger charge is -2.46. The van der Waals surface area contributed by atoms with E-state index < -0.39 is 85.1 Å². The van der Waals surface area contributed by atoms with Gasteiger partial charge in [-0.2, -0.15) is 0 Å². The molecule has 1 aliphatic heterocycles. The fraction of sp³-hybridized carbons (Fsp3) is 0.846. The first-order valence-electron chi connectivity index (χ1n) is 14.5. The van der Waals surface area contributed by atoms with Gasteiger partial charge in [0.05, 0.1) is 37.9 Å². The number of aliphatic hydroxyl groups is 4. The number of aliphatic hydroxyl groups excluding tert-OH is 4. The number of hydrogen-bond donors (Lipinski definition) is 11. The predicted molar refractivity (Wildman–Crippen MR) is 154 cm³/mol. The fourth-order valence-electron chi connectivity index (χ4n) is 4.75. The number of ether oxygens (including phenoxy) is 4. The largest absolute Gasteiger partial charge is 0.466 e. The van der Waals surface area contributed by atoms with Gasteiger partial charge >= 0.3 is 0 Å². The van der Waals surface area contributed by atoms with Crippen molar-refractivity contribution in [2.24, 2.45) is 22.9 Å². The normalized spacial score (nSPS) is 31.1. The average Bonchev–Trinajstić information content (AvgIpc) is 2.98.